The highest BCUT2D eigenvalue weighted by Gasteiger charge is 2.31. The molecule has 5 nitrogen and oxygen atoms in total. The first-order chi connectivity index (χ1) is 14.1. The van der Waals surface area contributed by atoms with Crippen LogP contribution in [0.1, 0.15) is 12.0 Å². The van der Waals surface area contributed by atoms with E-state index >= 15 is 0 Å². The smallest absolute Gasteiger partial charge is 0.228 e. The molecular weight excluding hydrogens is 384 g/mol. The number of amides is 2. The van der Waals surface area contributed by atoms with Crippen molar-refractivity contribution in [2.45, 2.75) is 12.8 Å². The molecule has 1 aromatic heterocycles. The van der Waals surface area contributed by atoms with Gasteiger partial charge in [0.25, 0.3) is 0 Å². The third kappa shape index (κ3) is 5.55. The number of benzene rings is 1. The summed E-state index contributed by atoms with van der Waals surface area (Å²) in [6, 6.07) is 12.5. The molecule has 0 unspecified atom stereocenters. The minimum Gasteiger partial charge on any atom is -0.384 e. The average Bonchev–Trinajstić information content (AvgIpc) is 3.23. The molecule has 1 aromatic carbocycles. The third-order valence-electron chi connectivity index (χ3n) is 5.21. The van der Waals surface area contributed by atoms with Gasteiger partial charge in [-0.3, -0.25) is 9.59 Å². The van der Waals surface area contributed by atoms with E-state index in [9.17, 15) is 9.59 Å². The van der Waals surface area contributed by atoms with Crippen LogP contribution in [0.5, 0.6) is 0 Å². The van der Waals surface area contributed by atoms with Crippen LogP contribution in [0.25, 0.3) is 10.4 Å². The van der Waals surface area contributed by atoms with Gasteiger partial charge in [-0.1, -0.05) is 36.4 Å². The Bertz CT molecular complexity index is 817. The van der Waals surface area contributed by atoms with E-state index in [1.54, 1.807) is 29.4 Å². The van der Waals surface area contributed by atoms with Crippen molar-refractivity contribution in [1.29, 1.82) is 0 Å². The summed E-state index contributed by atoms with van der Waals surface area (Å²) < 4.78 is 5.04. The van der Waals surface area contributed by atoms with E-state index in [2.05, 4.69) is 42.3 Å². The number of hydrogen-bond acceptors (Lipinski definition) is 4. The summed E-state index contributed by atoms with van der Waals surface area (Å²) in [4.78, 5) is 30.5. The van der Waals surface area contributed by atoms with Crippen LogP contribution in [0.2, 0.25) is 0 Å². The zero-order valence-corrected chi connectivity index (χ0v) is 17.7. The molecular formula is C23H28N2O3S. The molecule has 0 N–H and O–H groups in total. The van der Waals surface area contributed by atoms with Crippen LogP contribution in [0.3, 0.4) is 0 Å². The van der Waals surface area contributed by atoms with E-state index in [-0.39, 0.29) is 17.7 Å². The summed E-state index contributed by atoms with van der Waals surface area (Å²) >= 11 is 1.71. The zero-order chi connectivity index (χ0) is 20.6. The summed E-state index contributed by atoms with van der Waals surface area (Å²) in [5.41, 5.74) is 2.29. The largest absolute Gasteiger partial charge is 0.384 e. The monoisotopic (exact) mass is 412 g/mol. The van der Waals surface area contributed by atoms with E-state index < -0.39 is 0 Å². The lowest BCUT2D eigenvalue weighted by molar-refractivity contribution is -0.134. The van der Waals surface area contributed by atoms with Crippen molar-refractivity contribution in [1.82, 2.24) is 9.80 Å². The van der Waals surface area contributed by atoms with Crippen molar-refractivity contribution in [3.8, 4) is 10.4 Å². The Morgan fingerprint density at radius 1 is 1.28 bits per heavy atom. The molecule has 0 saturated carbocycles. The number of methoxy groups -OCH3 is 1. The van der Waals surface area contributed by atoms with E-state index in [1.165, 1.54) is 10.4 Å². The van der Waals surface area contributed by atoms with Crippen LogP contribution < -0.4 is 0 Å². The number of hydrogen-bond donors (Lipinski definition) is 0. The molecule has 2 heterocycles. The van der Waals surface area contributed by atoms with Crippen LogP contribution in [0.4, 0.5) is 0 Å². The highest BCUT2D eigenvalue weighted by atomic mass is 32.1. The summed E-state index contributed by atoms with van der Waals surface area (Å²) in [5.74, 6) is -0.121. The van der Waals surface area contributed by atoms with E-state index in [4.69, 9.17) is 4.74 Å². The molecule has 0 spiro atoms. The number of ether oxygens (including phenoxy) is 1. The lowest BCUT2D eigenvalue weighted by atomic mass is 9.96. The summed E-state index contributed by atoms with van der Waals surface area (Å²) in [7, 11) is 1.59. The van der Waals surface area contributed by atoms with E-state index in [0.29, 0.717) is 45.6 Å². The van der Waals surface area contributed by atoms with Crippen LogP contribution in [-0.2, 0) is 20.7 Å². The van der Waals surface area contributed by atoms with Gasteiger partial charge in [-0.25, -0.2) is 0 Å². The summed E-state index contributed by atoms with van der Waals surface area (Å²) in [5, 5.41) is 2.07. The Morgan fingerprint density at radius 3 is 2.72 bits per heavy atom. The van der Waals surface area contributed by atoms with Gasteiger partial charge in [0.15, 0.2) is 0 Å². The zero-order valence-electron chi connectivity index (χ0n) is 16.9. The van der Waals surface area contributed by atoms with Gasteiger partial charge in [-0.15, -0.1) is 17.9 Å². The van der Waals surface area contributed by atoms with Gasteiger partial charge in [0.2, 0.25) is 11.8 Å². The second kappa shape index (κ2) is 10.4. The SMILES string of the molecule is C=CCN1CCN(C(=O)CCOC)C[C@@H](Cc2ccc(-c3cccs3)cc2)C1=O. The molecule has 1 fully saturated rings. The fraction of sp³-hybridized carbons (Fsp3) is 0.391. The standard InChI is InChI=1S/C23H28N2O3S/c1-3-11-24-12-13-25(22(26)10-14-28-2)17-20(23(24)27)16-18-6-8-19(9-7-18)21-5-4-15-29-21/h3-9,15,20H,1,10-14,16-17H2,2H3/t20-/m1/s1. The van der Waals surface area contributed by atoms with Crippen molar-refractivity contribution in [2.75, 3.05) is 39.9 Å². The van der Waals surface area contributed by atoms with E-state index in [1.807, 2.05) is 11.0 Å². The number of nitrogens with zero attached hydrogens (tertiary/aromatic N) is 2. The van der Waals surface area contributed by atoms with Crippen molar-refractivity contribution < 1.29 is 14.3 Å². The van der Waals surface area contributed by atoms with Gasteiger partial charge < -0.3 is 14.5 Å². The van der Waals surface area contributed by atoms with Gasteiger partial charge in [-0.05, 0) is 29.0 Å². The van der Waals surface area contributed by atoms with Gasteiger partial charge in [-0.2, -0.15) is 0 Å². The second-order valence-corrected chi connectivity index (χ2v) is 8.18. The number of thiophene rings is 1. The second-order valence-electron chi connectivity index (χ2n) is 7.23. The van der Waals surface area contributed by atoms with Crippen molar-refractivity contribution in [2.24, 2.45) is 5.92 Å². The highest BCUT2D eigenvalue weighted by Crippen LogP contribution is 2.26. The molecule has 2 aromatic rings. The molecule has 29 heavy (non-hydrogen) atoms. The molecule has 1 saturated heterocycles. The van der Waals surface area contributed by atoms with Gasteiger partial charge >= 0.3 is 0 Å². The predicted molar refractivity (Wildman–Crippen MR) is 117 cm³/mol. The molecule has 3 rings (SSSR count). The topological polar surface area (TPSA) is 49.9 Å². The Morgan fingerprint density at radius 2 is 2.07 bits per heavy atom. The van der Waals surface area contributed by atoms with Crippen molar-refractivity contribution in [3.05, 3.63) is 60.0 Å². The molecule has 0 bridgehead atoms. The molecule has 1 aliphatic heterocycles. The maximum absolute atomic E-state index is 13.1. The maximum atomic E-state index is 13.1. The molecule has 0 radical (unpaired) electrons. The maximum Gasteiger partial charge on any atom is 0.228 e. The van der Waals surface area contributed by atoms with Crippen molar-refractivity contribution >= 4 is 23.2 Å². The van der Waals surface area contributed by atoms with Crippen LogP contribution in [0, 0.1) is 5.92 Å². The Balaban J connectivity index is 1.74. The lowest BCUT2D eigenvalue weighted by Crippen LogP contribution is -2.38. The van der Waals surface area contributed by atoms with Crippen LogP contribution in [0.15, 0.2) is 54.4 Å². The first-order valence-electron chi connectivity index (χ1n) is 9.91. The molecule has 0 aliphatic carbocycles. The van der Waals surface area contributed by atoms with Crippen LogP contribution >= 0.6 is 11.3 Å². The van der Waals surface area contributed by atoms with Gasteiger partial charge in [0.05, 0.1) is 18.9 Å². The fourth-order valence-corrected chi connectivity index (χ4v) is 4.37. The van der Waals surface area contributed by atoms with Gasteiger partial charge in [0.1, 0.15) is 0 Å². The Labute approximate surface area is 176 Å². The van der Waals surface area contributed by atoms with Crippen LogP contribution in [-0.4, -0.2) is 61.5 Å². The molecule has 2 amide bonds. The molecule has 154 valence electrons. The molecule has 6 heteroatoms. The summed E-state index contributed by atoms with van der Waals surface area (Å²) in [6.45, 7) is 6.21. The minimum absolute atomic E-state index is 0.0400. The Hall–Kier alpha value is -2.44. The Kier molecular flexibility index (Phi) is 7.61. The molecule has 1 aliphatic rings. The molecule has 1 atom stereocenters. The fourth-order valence-electron chi connectivity index (χ4n) is 3.64. The van der Waals surface area contributed by atoms with Crippen molar-refractivity contribution in [3.63, 3.8) is 0 Å². The van der Waals surface area contributed by atoms with E-state index in [0.717, 1.165) is 5.56 Å². The number of carbonyl (C=O) groups is 2. The summed E-state index contributed by atoms with van der Waals surface area (Å²) in [6.07, 6.45) is 2.70. The number of rotatable bonds is 8. The normalized spacial score (nSPS) is 17.3. The first-order valence-corrected chi connectivity index (χ1v) is 10.8. The van der Waals surface area contributed by atoms with Gasteiger partial charge in [0, 0.05) is 38.2 Å². The first kappa shape index (κ1) is 21.3. The lowest BCUT2D eigenvalue weighted by Gasteiger charge is -2.23. The third-order valence-corrected chi connectivity index (χ3v) is 6.12. The minimum atomic E-state index is -0.253. The quantitative estimate of drug-likeness (QED) is 0.624. The number of carbonyl (C=O) groups excluding carboxylic acids is 2. The average molecular weight is 413 g/mol. The predicted octanol–water partition coefficient (Wildman–Crippen LogP) is 3.47. The highest BCUT2D eigenvalue weighted by molar-refractivity contribution is 7.13.